The number of aryl methyl sites for hydroxylation is 1. The SMILES string of the molecule is Cc1ccc(N2CCN(CCC(N)=O)CC2)cc1. The molecule has 1 amide bonds. The van der Waals surface area contributed by atoms with E-state index in [0.717, 1.165) is 32.7 Å². The second-order valence-corrected chi connectivity index (χ2v) is 4.88. The van der Waals surface area contributed by atoms with Crippen LogP contribution >= 0.6 is 0 Å². The third-order valence-corrected chi connectivity index (χ3v) is 3.45. The summed E-state index contributed by atoms with van der Waals surface area (Å²) in [6, 6.07) is 8.65. The number of amides is 1. The molecule has 1 saturated heterocycles. The van der Waals surface area contributed by atoms with Gasteiger partial charge in [-0.2, -0.15) is 0 Å². The van der Waals surface area contributed by atoms with E-state index in [1.165, 1.54) is 11.3 Å². The molecule has 0 spiro atoms. The topological polar surface area (TPSA) is 49.6 Å². The molecule has 0 bridgehead atoms. The molecule has 18 heavy (non-hydrogen) atoms. The average Bonchev–Trinajstić information content (AvgIpc) is 2.38. The van der Waals surface area contributed by atoms with Crippen molar-refractivity contribution in [3.05, 3.63) is 29.8 Å². The van der Waals surface area contributed by atoms with Crippen LogP contribution in [0.2, 0.25) is 0 Å². The van der Waals surface area contributed by atoms with Gasteiger partial charge in [-0.3, -0.25) is 9.69 Å². The van der Waals surface area contributed by atoms with E-state index >= 15 is 0 Å². The molecule has 2 N–H and O–H groups in total. The van der Waals surface area contributed by atoms with Crippen LogP contribution in [0, 0.1) is 6.92 Å². The fraction of sp³-hybridized carbons (Fsp3) is 0.500. The minimum Gasteiger partial charge on any atom is -0.370 e. The van der Waals surface area contributed by atoms with E-state index < -0.39 is 0 Å². The van der Waals surface area contributed by atoms with Gasteiger partial charge in [-0.1, -0.05) is 17.7 Å². The first-order chi connectivity index (χ1) is 8.65. The van der Waals surface area contributed by atoms with Crippen molar-refractivity contribution in [1.29, 1.82) is 0 Å². The van der Waals surface area contributed by atoms with Crippen molar-refractivity contribution in [3.8, 4) is 0 Å². The minimum atomic E-state index is -0.212. The summed E-state index contributed by atoms with van der Waals surface area (Å²) in [7, 11) is 0. The van der Waals surface area contributed by atoms with Crippen LogP contribution in [0.1, 0.15) is 12.0 Å². The lowest BCUT2D eigenvalue weighted by Crippen LogP contribution is -2.47. The van der Waals surface area contributed by atoms with E-state index in [1.807, 2.05) is 0 Å². The summed E-state index contributed by atoms with van der Waals surface area (Å²) in [5.41, 5.74) is 7.74. The quantitative estimate of drug-likeness (QED) is 0.863. The summed E-state index contributed by atoms with van der Waals surface area (Å²) in [4.78, 5) is 15.4. The van der Waals surface area contributed by atoms with Gasteiger partial charge in [-0.25, -0.2) is 0 Å². The first-order valence-corrected chi connectivity index (χ1v) is 6.47. The molecule has 1 aromatic carbocycles. The van der Waals surface area contributed by atoms with Crippen molar-refractivity contribution in [2.45, 2.75) is 13.3 Å². The molecule has 0 atom stereocenters. The van der Waals surface area contributed by atoms with Crippen molar-refractivity contribution >= 4 is 11.6 Å². The summed E-state index contributed by atoms with van der Waals surface area (Å²) in [6.45, 7) is 6.93. The van der Waals surface area contributed by atoms with Crippen LogP contribution in [-0.2, 0) is 4.79 Å². The Bertz CT molecular complexity index is 394. The number of piperazine rings is 1. The third-order valence-electron chi connectivity index (χ3n) is 3.45. The van der Waals surface area contributed by atoms with Gasteiger partial charge in [0.1, 0.15) is 0 Å². The van der Waals surface area contributed by atoms with E-state index in [4.69, 9.17) is 5.73 Å². The summed E-state index contributed by atoms with van der Waals surface area (Å²) in [5, 5.41) is 0. The Morgan fingerprint density at radius 3 is 2.33 bits per heavy atom. The Morgan fingerprint density at radius 2 is 1.78 bits per heavy atom. The van der Waals surface area contributed by atoms with Gasteiger partial charge in [-0.15, -0.1) is 0 Å². The van der Waals surface area contributed by atoms with Gasteiger partial charge in [0.15, 0.2) is 0 Å². The van der Waals surface area contributed by atoms with Crippen molar-refractivity contribution in [2.24, 2.45) is 5.73 Å². The number of primary amides is 1. The minimum absolute atomic E-state index is 0.212. The number of hydrogen-bond acceptors (Lipinski definition) is 3. The molecule has 4 heteroatoms. The van der Waals surface area contributed by atoms with E-state index in [1.54, 1.807) is 0 Å². The zero-order chi connectivity index (χ0) is 13.0. The van der Waals surface area contributed by atoms with Crippen molar-refractivity contribution in [3.63, 3.8) is 0 Å². The molecule has 1 aromatic rings. The van der Waals surface area contributed by atoms with Gasteiger partial charge >= 0.3 is 0 Å². The number of benzene rings is 1. The Morgan fingerprint density at radius 1 is 1.17 bits per heavy atom. The number of nitrogens with two attached hydrogens (primary N) is 1. The van der Waals surface area contributed by atoms with Crippen molar-refractivity contribution in [2.75, 3.05) is 37.6 Å². The number of anilines is 1. The zero-order valence-corrected chi connectivity index (χ0v) is 10.9. The molecule has 0 unspecified atom stereocenters. The van der Waals surface area contributed by atoms with E-state index in [-0.39, 0.29) is 5.91 Å². The normalized spacial score (nSPS) is 16.8. The van der Waals surface area contributed by atoms with Gasteiger partial charge in [0, 0.05) is 44.8 Å². The Hall–Kier alpha value is -1.55. The smallest absolute Gasteiger partial charge is 0.218 e. The fourth-order valence-electron chi connectivity index (χ4n) is 2.25. The predicted molar refractivity (Wildman–Crippen MR) is 73.6 cm³/mol. The second kappa shape index (κ2) is 5.87. The average molecular weight is 247 g/mol. The lowest BCUT2D eigenvalue weighted by Gasteiger charge is -2.36. The highest BCUT2D eigenvalue weighted by Crippen LogP contribution is 2.17. The predicted octanol–water partition coefficient (Wildman–Crippen LogP) is 0.992. The first kappa shape index (κ1) is 12.9. The Kier molecular flexibility index (Phi) is 4.20. The van der Waals surface area contributed by atoms with E-state index in [2.05, 4.69) is 41.0 Å². The number of rotatable bonds is 4. The molecule has 2 rings (SSSR count). The van der Waals surface area contributed by atoms with Crippen LogP contribution in [0.25, 0.3) is 0 Å². The van der Waals surface area contributed by atoms with E-state index in [9.17, 15) is 4.79 Å². The first-order valence-electron chi connectivity index (χ1n) is 6.47. The summed E-state index contributed by atoms with van der Waals surface area (Å²) in [6.07, 6.45) is 0.463. The zero-order valence-electron chi connectivity index (χ0n) is 10.9. The van der Waals surface area contributed by atoms with E-state index in [0.29, 0.717) is 6.42 Å². The van der Waals surface area contributed by atoms with Gasteiger partial charge in [0.05, 0.1) is 0 Å². The second-order valence-electron chi connectivity index (χ2n) is 4.88. The standard InChI is InChI=1S/C14H21N3O/c1-12-2-4-13(5-3-12)17-10-8-16(9-11-17)7-6-14(15)18/h2-5H,6-11H2,1H3,(H2,15,18). The molecule has 98 valence electrons. The monoisotopic (exact) mass is 247 g/mol. The van der Waals surface area contributed by atoms with Crippen LogP contribution in [-0.4, -0.2) is 43.5 Å². The molecule has 1 aliphatic rings. The largest absolute Gasteiger partial charge is 0.370 e. The Labute approximate surface area is 108 Å². The lowest BCUT2D eigenvalue weighted by molar-refractivity contribution is -0.118. The van der Waals surface area contributed by atoms with Gasteiger partial charge in [0.2, 0.25) is 5.91 Å². The third kappa shape index (κ3) is 3.47. The van der Waals surface area contributed by atoms with Crippen LogP contribution in [0.15, 0.2) is 24.3 Å². The Balaban J connectivity index is 1.83. The maximum atomic E-state index is 10.7. The molecule has 4 nitrogen and oxygen atoms in total. The molecular weight excluding hydrogens is 226 g/mol. The molecule has 1 fully saturated rings. The summed E-state index contributed by atoms with van der Waals surface area (Å²) in [5.74, 6) is -0.212. The molecule has 0 saturated carbocycles. The summed E-state index contributed by atoms with van der Waals surface area (Å²) >= 11 is 0. The van der Waals surface area contributed by atoms with Crippen LogP contribution < -0.4 is 10.6 Å². The number of carbonyl (C=O) groups excluding carboxylic acids is 1. The highest BCUT2D eigenvalue weighted by atomic mass is 16.1. The number of carbonyl (C=O) groups is 1. The van der Waals surface area contributed by atoms with Gasteiger partial charge in [0.25, 0.3) is 0 Å². The van der Waals surface area contributed by atoms with Crippen LogP contribution in [0.4, 0.5) is 5.69 Å². The van der Waals surface area contributed by atoms with Crippen molar-refractivity contribution < 1.29 is 4.79 Å². The fourth-order valence-corrected chi connectivity index (χ4v) is 2.25. The highest BCUT2D eigenvalue weighted by molar-refractivity contribution is 5.73. The molecule has 0 radical (unpaired) electrons. The molecule has 1 aliphatic heterocycles. The van der Waals surface area contributed by atoms with Crippen LogP contribution in [0.5, 0.6) is 0 Å². The molecule has 1 heterocycles. The maximum Gasteiger partial charge on any atom is 0.218 e. The maximum absolute atomic E-state index is 10.7. The van der Waals surface area contributed by atoms with Gasteiger partial charge in [-0.05, 0) is 19.1 Å². The van der Waals surface area contributed by atoms with Crippen LogP contribution in [0.3, 0.4) is 0 Å². The lowest BCUT2D eigenvalue weighted by atomic mass is 10.2. The van der Waals surface area contributed by atoms with Gasteiger partial charge < -0.3 is 10.6 Å². The molecule has 0 aromatic heterocycles. The summed E-state index contributed by atoms with van der Waals surface area (Å²) < 4.78 is 0. The van der Waals surface area contributed by atoms with Crippen molar-refractivity contribution in [1.82, 2.24) is 4.90 Å². The number of nitrogens with zero attached hydrogens (tertiary/aromatic N) is 2. The number of hydrogen-bond donors (Lipinski definition) is 1. The molecular formula is C14H21N3O. The highest BCUT2D eigenvalue weighted by Gasteiger charge is 2.17. The molecule has 0 aliphatic carbocycles.